The molecular weight excluding hydrogens is 355 g/mol. The van der Waals surface area contributed by atoms with Gasteiger partial charge < -0.3 is 16.2 Å². The summed E-state index contributed by atoms with van der Waals surface area (Å²) >= 11 is 0. The van der Waals surface area contributed by atoms with Gasteiger partial charge in [0.15, 0.2) is 0 Å². The molecule has 0 aliphatic carbocycles. The number of alkyl halides is 2. The number of phenols is 1. The van der Waals surface area contributed by atoms with Crippen LogP contribution in [-0.2, 0) is 5.66 Å². The van der Waals surface area contributed by atoms with Crippen molar-refractivity contribution in [1.82, 2.24) is 10.3 Å². The van der Waals surface area contributed by atoms with E-state index < -0.39 is 5.66 Å². The normalized spacial score (nSPS) is 14.9. The first-order chi connectivity index (χ1) is 12.2. The van der Waals surface area contributed by atoms with E-state index in [1.165, 1.54) is 27.6 Å². The highest BCUT2D eigenvalue weighted by atomic mass is 31.0. The number of dihydropyridines is 1. The number of phenolic OH excluding ortho intramolecular Hbond substituents is 1. The molecule has 1 aliphatic heterocycles. The van der Waals surface area contributed by atoms with E-state index in [4.69, 9.17) is 5.73 Å². The Morgan fingerprint density at radius 2 is 2.00 bits per heavy atom. The zero-order chi connectivity index (χ0) is 19.1. The minimum absolute atomic E-state index is 0.135. The predicted octanol–water partition coefficient (Wildman–Crippen LogP) is 3.64. The van der Waals surface area contributed by atoms with E-state index in [0.29, 0.717) is 23.6 Å². The van der Waals surface area contributed by atoms with Crippen LogP contribution in [0.1, 0.15) is 27.9 Å². The van der Waals surface area contributed by atoms with E-state index in [0.717, 1.165) is 22.3 Å². The number of halogens is 2. The van der Waals surface area contributed by atoms with Crippen molar-refractivity contribution >= 4 is 20.5 Å². The van der Waals surface area contributed by atoms with Crippen LogP contribution in [0.15, 0.2) is 42.2 Å². The number of hydrogen-bond acceptors (Lipinski definition) is 4. The summed E-state index contributed by atoms with van der Waals surface area (Å²) < 4.78 is 27.2. The van der Waals surface area contributed by atoms with Crippen molar-refractivity contribution in [2.45, 2.75) is 19.5 Å². The van der Waals surface area contributed by atoms with Crippen LogP contribution in [0.4, 0.5) is 8.78 Å². The van der Waals surface area contributed by atoms with Crippen LogP contribution in [0.3, 0.4) is 0 Å². The molecule has 0 saturated carbocycles. The Labute approximate surface area is 153 Å². The summed E-state index contributed by atoms with van der Waals surface area (Å²) in [5.74, 6) is 0.183. The van der Waals surface area contributed by atoms with E-state index in [9.17, 15) is 13.9 Å². The van der Waals surface area contributed by atoms with Crippen molar-refractivity contribution < 1.29 is 13.9 Å². The Kier molecular flexibility index (Phi) is 4.72. The van der Waals surface area contributed by atoms with Gasteiger partial charge in [0.05, 0.1) is 17.9 Å². The van der Waals surface area contributed by atoms with E-state index in [1.807, 2.05) is 19.9 Å². The Bertz CT molecular complexity index is 933. The van der Waals surface area contributed by atoms with E-state index in [1.54, 1.807) is 12.1 Å². The van der Waals surface area contributed by atoms with Crippen LogP contribution >= 0.6 is 9.24 Å². The lowest BCUT2D eigenvalue weighted by Crippen LogP contribution is -2.25. The van der Waals surface area contributed by atoms with Gasteiger partial charge in [-0.1, -0.05) is 15.3 Å². The number of allylic oxidation sites excluding steroid dienone is 2. The molecule has 0 saturated heterocycles. The number of nitrogens with two attached hydrogens (primary N) is 1. The molecule has 0 fully saturated rings. The van der Waals surface area contributed by atoms with Crippen LogP contribution < -0.4 is 11.1 Å². The third-order valence-electron chi connectivity index (χ3n) is 4.44. The van der Waals surface area contributed by atoms with Gasteiger partial charge in [-0.15, -0.1) is 0 Å². The number of aromatic hydroxyl groups is 1. The number of nitrogens with zero attached hydrogens (tertiary/aromatic N) is 1. The van der Waals surface area contributed by atoms with Crippen LogP contribution in [-0.4, -0.2) is 16.6 Å². The summed E-state index contributed by atoms with van der Waals surface area (Å²) in [7, 11) is 1.53. The van der Waals surface area contributed by atoms with Crippen molar-refractivity contribution in [1.29, 1.82) is 0 Å². The van der Waals surface area contributed by atoms with Crippen LogP contribution in [0, 0.1) is 13.8 Å². The zero-order valence-corrected chi connectivity index (χ0v) is 15.6. The number of hydrogen-bond donors (Lipinski definition) is 3. The largest absolute Gasteiger partial charge is 0.508 e. The molecular formula is C19H20F2N3OP. The molecule has 1 aliphatic rings. The molecule has 1 atom stereocenters. The number of rotatable bonds is 3. The van der Waals surface area contributed by atoms with Crippen molar-refractivity contribution in [3.63, 3.8) is 0 Å². The first-order valence-corrected chi connectivity index (χ1v) is 8.63. The first kappa shape index (κ1) is 18.3. The van der Waals surface area contributed by atoms with Gasteiger partial charge in [-0.2, -0.15) is 8.78 Å². The van der Waals surface area contributed by atoms with E-state index in [-0.39, 0.29) is 11.3 Å². The van der Waals surface area contributed by atoms with Crippen LogP contribution in [0.5, 0.6) is 5.75 Å². The maximum Gasteiger partial charge on any atom is 0.284 e. The molecule has 0 spiro atoms. The molecule has 4 N–H and O–H groups in total. The SMILES string of the molecule is Cc1ccc(O)c(C)c1C1=C(N)CNC(c2cc(C(F)(F)P)ccn2)=C1. The number of nitrogens with one attached hydrogen (secondary N) is 1. The quantitative estimate of drug-likeness (QED) is 0.717. The van der Waals surface area contributed by atoms with Crippen molar-refractivity contribution in [3.8, 4) is 5.75 Å². The molecule has 136 valence electrons. The van der Waals surface area contributed by atoms with Gasteiger partial charge >= 0.3 is 0 Å². The minimum Gasteiger partial charge on any atom is -0.508 e. The summed E-state index contributed by atoms with van der Waals surface area (Å²) in [5, 5.41) is 13.2. The third kappa shape index (κ3) is 3.42. The topological polar surface area (TPSA) is 71.2 Å². The molecule has 2 heterocycles. The summed E-state index contributed by atoms with van der Waals surface area (Å²) in [6.45, 7) is 4.12. The second kappa shape index (κ2) is 6.69. The zero-order valence-electron chi connectivity index (χ0n) is 14.5. The lowest BCUT2D eigenvalue weighted by atomic mass is 9.91. The Morgan fingerprint density at radius 1 is 1.27 bits per heavy atom. The smallest absolute Gasteiger partial charge is 0.284 e. The molecule has 2 aromatic rings. The van der Waals surface area contributed by atoms with Gasteiger partial charge in [-0.05, 0) is 54.8 Å². The molecule has 0 radical (unpaired) electrons. The first-order valence-electron chi connectivity index (χ1n) is 8.06. The Hall–Kier alpha value is -2.46. The van der Waals surface area contributed by atoms with Crippen LogP contribution in [0.2, 0.25) is 0 Å². The summed E-state index contributed by atoms with van der Waals surface area (Å²) in [4.78, 5) is 4.21. The average Bonchev–Trinajstić information content (AvgIpc) is 2.59. The predicted molar refractivity (Wildman–Crippen MR) is 103 cm³/mol. The van der Waals surface area contributed by atoms with Gasteiger partial charge in [0.1, 0.15) is 5.75 Å². The monoisotopic (exact) mass is 375 g/mol. The summed E-state index contributed by atoms with van der Waals surface area (Å²) in [6, 6.07) is 6.10. The second-order valence-corrected chi connectivity index (χ2v) is 7.03. The molecule has 1 unspecified atom stereocenters. The minimum atomic E-state index is -3.02. The standard InChI is InChI=1S/C19H20F2N3OP/c1-10-3-4-17(25)11(2)18(10)13-8-16(24-9-14(13)22)15-7-12(5-6-23-15)19(20,21)26/h3-8,24-25H,9,22,26H2,1-2H3. The molecule has 1 aromatic heterocycles. The van der Waals surface area contributed by atoms with Crippen molar-refractivity contribution in [2.24, 2.45) is 5.73 Å². The molecule has 3 rings (SSSR count). The molecule has 4 nitrogen and oxygen atoms in total. The lowest BCUT2D eigenvalue weighted by Gasteiger charge is -2.23. The molecule has 1 aromatic carbocycles. The third-order valence-corrected chi connectivity index (χ3v) is 4.77. The highest BCUT2D eigenvalue weighted by molar-refractivity contribution is 7.17. The maximum atomic E-state index is 13.6. The lowest BCUT2D eigenvalue weighted by molar-refractivity contribution is 0.104. The van der Waals surface area contributed by atoms with Gasteiger partial charge in [0.2, 0.25) is 0 Å². The Balaban J connectivity index is 2.11. The van der Waals surface area contributed by atoms with Gasteiger partial charge in [0.25, 0.3) is 5.66 Å². The van der Waals surface area contributed by atoms with Gasteiger partial charge in [0, 0.05) is 23.0 Å². The highest BCUT2D eigenvalue weighted by Gasteiger charge is 2.26. The summed E-state index contributed by atoms with van der Waals surface area (Å²) in [6.07, 6.45) is 3.15. The van der Waals surface area contributed by atoms with Gasteiger partial charge in [-0.3, -0.25) is 4.98 Å². The number of benzene rings is 1. The fourth-order valence-corrected chi connectivity index (χ4v) is 3.19. The average molecular weight is 375 g/mol. The molecule has 0 bridgehead atoms. The van der Waals surface area contributed by atoms with Gasteiger partial charge in [-0.25, -0.2) is 0 Å². The Morgan fingerprint density at radius 3 is 2.69 bits per heavy atom. The second-order valence-electron chi connectivity index (χ2n) is 6.30. The van der Waals surface area contributed by atoms with E-state index >= 15 is 0 Å². The van der Waals surface area contributed by atoms with Crippen molar-refractivity contribution in [3.05, 3.63) is 70.2 Å². The van der Waals surface area contributed by atoms with E-state index in [2.05, 4.69) is 10.3 Å². The molecule has 0 amide bonds. The highest BCUT2D eigenvalue weighted by Crippen LogP contribution is 2.37. The molecule has 7 heteroatoms. The number of pyridine rings is 1. The maximum absolute atomic E-state index is 13.6. The fraction of sp³-hybridized carbons (Fsp3) is 0.211. The van der Waals surface area contributed by atoms with Crippen LogP contribution in [0.25, 0.3) is 11.3 Å². The molecule has 26 heavy (non-hydrogen) atoms. The van der Waals surface area contributed by atoms with Crippen molar-refractivity contribution in [2.75, 3.05) is 6.54 Å². The summed E-state index contributed by atoms with van der Waals surface area (Å²) in [5.41, 5.74) is 7.93. The number of aromatic nitrogens is 1. The fourth-order valence-electron chi connectivity index (χ4n) is 3.01. The number of aryl methyl sites for hydroxylation is 1.